The van der Waals surface area contributed by atoms with Gasteiger partial charge in [-0.1, -0.05) is 5.21 Å². The smallest absolute Gasteiger partial charge is 0.246 e. The van der Waals surface area contributed by atoms with Gasteiger partial charge in [-0.25, -0.2) is 4.68 Å². The molecule has 27 heavy (non-hydrogen) atoms. The lowest BCUT2D eigenvalue weighted by Crippen LogP contribution is -2.34. The Morgan fingerprint density at radius 3 is 2.81 bits per heavy atom. The highest BCUT2D eigenvalue weighted by atomic mass is 16.5. The normalized spacial score (nSPS) is 17.1. The van der Waals surface area contributed by atoms with Gasteiger partial charge >= 0.3 is 0 Å². The SMILES string of the molecule is CCN(c1ccc(NC(=O)Cn2cc(C3COCCN3)nn2)cc1)C(C)C. The van der Waals surface area contributed by atoms with Crippen LogP contribution in [-0.2, 0) is 16.1 Å². The minimum absolute atomic E-state index is 0.0329. The summed E-state index contributed by atoms with van der Waals surface area (Å²) in [6, 6.07) is 8.37. The fourth-order valence-electron chi connectivity index (χ4n) is 3.24. The van der Waals surface area contributed by atoms with Crippen molar-refractivity contribution in [1.82, 2.24) is 20.3 Å². The van der Waals surface area contributed by atoms with E-state index in [0.717, 1.165) is 30.2 Å². The third kappa shape index (κ3) is 5.05. The Labute approximate surface area is 159 Å². The Balaban J connectivity index is 1.55. The summed E-state index contributed by atoms with van der Waals surface area (Å²) in [5.74, 6) is -0.136. The van der Waals surface area contributed by atoms with Gasteiger partial charge in [-0.15, -0.1) is 5.10 Å². The van der Waals surface area contributed by atoms with Crippen LogP contribution in [0.4, 0.5) is 11.4 Å². The summed E-state index contributed by atoms with van der Waals surface area (Å²) >= 11 is 0. The molecule has 1 unspecified atom stereocenters. The van der Waals surface area contributed by atoms with E-state index < -0.39 is 0 Å². The van der Waals surface area contributed by atoms with Crippen molar-refractivity contribution in [2.75, 3.05) is 36.5 Å². The summed E-state index contributed by atoms with van der Waals surface area (Å²) in [4.78, 5) is 14.6. The largest absolute Gasteiger partial charge is 0.378 e. The van der Waals surface area contributed by atoms with Crippen molar-refractivity contribution < 1.29 is 9.53 Å². The molecule has 1 aliphatic rings. The third-order valence-corrected chi connectivity index (χ3v) is 4.59. The molecule has 2 aromatic rings. The van der Waals surface area contributed by atoms with Crippen molar-refractivity contribution in [2.45, 2.75) is 39.4 Å². The molecule has 8 nitrogen and oxygen atoms in total. The van der Waals surface area contributed by atoms with E-state index in [2.05, 4.69) is 46.6 Å². The monoisotopic (exact) mass is 372 g/mol. The van der Waals surface area contributed by atoms with Crippen LogP contribution in [0.25, 0.3) is 0 Å². The van der Waals surface area contributed by atoms with Gasteiger partial charge in [-0.05, 0) is 45.0 Å². The highest BCUT2D eigenvalue weighted by Gasteiger charge is 2.19. The summed E-state index contributed by atoms with van der Waals surface area (Å²) in [6.07, 6.45) is 1.79. The van der Waals surface area contributed by atoms with Crippen molar-refractivity contribution in [3.63, 3.8) is 0 Å². The fraction of sp³-hybridized carbons (Fsp3) is 0.526. The standard InChI is InChI=1S/C19H28N6O2/c1-4-25(14(2)3)16-7-5-15(6-8-16)21-19(26)12-24-11-17(22-23-24)18-13-27-10-9-20-18/h5-8,11,14,18,20H,4,9-10,12-13H2,1-3H3,(H,21,26). The van der Waals surface area contributed by atoms with E-state index in [0.29, 0.717) is 19.3 Å². The van der Waals surface area contributed by atoms with Crippen LogP contribution < -0.4 is 15.5 Å². The fourth-order valence-corrected chi connectivity index (χ4v) is 3.24. The van der Waals surface area contributed by atoms with Gasteiger partial charge in [0, 0.05) is 30.5 Å². The summed E-state index contributed by atoms with van der Waals surface area (Å²) in [5, 5.41) is 14.4. The molecule has 1 aromatic heterocycles. The van der Waals surface area contributed by atoms with E-state index in [9.17, 15) is 4.79 Å². The predicted octanol–water partition coefficient (Wildman–Crippen LogP) is 1.81. The first-order chi connectivity index (χ1) is 13.1. The second-order valence-corrected chi connectivity index (χ2v) is 6.90. The van der Waals surface area contributed by atoms with Gasteiger partial charge in [0.25, 0.3) is 0 Å². The predicted molar refractivity (Wildman–Crippen MR) is 105 cm³/mol. The number of carbonyl (C=O) groups is 1. The molecule has 1 aliphatic heterocycles. The minimum atomic E-state index is -0.136. The Kier molecular flexibility index (Phi) is 6.41. The molecule has 0 spiro atoms. The zero-order valence-corrected chi connectivity index (χ0v) is 16.2. The van der Waals surface area contributed by atoms with Gasteiger partial charge in [0.1, 0.15) is 12.2 Å². The average Bonchev–Trinajstić information content (AvgIpc) is 3.12. The van der Waals surface area contributed by atoms with E-state index in [4.69, 9.17) is 4.74 Å². The lowest BCUT2D eigenvalue weighted by Gasteiger charge is -2.27. The highest BCUT2D eigenvalue weighted by molar-refractivity contribution is 5.90. The van der Waals surface area contributed by atoms with E-state index in [1.54, 1.807) is 10.9 Å². The molecule has 2 heterocycles. The molecule has 0 bridgehead atoms. The molecule has 1 atom stereocenters. The van der Waals surface area contributed by atoms with E-state index in [-0.39, 0.29) is 18.5 Å². The Morgan fingerprint density at radius 2 is 2.19 bits per heavy atom. The highest BCUT2D eigenvalue weighted by Crippen LogP contribution is 2.20. The van der Waals surface area contributed by atoms with Crippen LogP contribution in [0.1, 0.15) is 32.5 Å². The molecular weight excluding hydrogens is 344 g/mol. The topological polar surface area (TPSA) is 84.3 Å². The van der Waals surface area contributed by atoms with Gasteiger partial charge in [-0.3, -0.25) is 4.79 Å². The lowest BCUT2D eigenvalue weighted by molar-refractivity contribution is -0.116. The van der Waals surface area contributed by atoms with Crippen molar-refractivity contribution in [3.05, 3.63) is 36.2 Å². The summed E-state index contributed by atoms with van der Waals surface area (Å²) in [7, 11) is 0. The summed E-state index contributed by atoms with van der Waals surface area (Å²) in [5.41, 5.74) is 2.71. The quantitative estimate of drug-likeness (QED) is 0.771. The Hall–Kier alpha value is -2.45. The van der Waals surface area contributed by atoms with E-state index >= 15 is 0 Å². The molecule has 2 N–H and O–H groups in total. The van der Waals surface area contributed by atoms with Gasteiger partial charge in [0.15, 0.2) is 0 Å². The number of nitrogens with one attached hydrogen (secondary N) is 2. The second kappa shape index (κ2) is 8.96. The molecule has 0 aliphatic carbocycles. The third-order valence-electron chi connectivity index (χ3n) is 4.59. The van der Waals surface area contributed by atoms with Crippen LogP contribution in [-0.4, -0.2) is 53.2 Å². The number of hydrogen-bond acceptors (Lipinski definition) is 6. The average molecular weight is 372 g/mol. The lowest BCUT2D eigenvalue weighted by atomic mass is 10.2. The first kappa shape index (κ1) is 19.3. The van der Waals surface area contributed by atoms with Crippen LogP contribution in [0, 0.1) is 0 Å². The molecule has 1 aromatic carbocycles. The first-order valence-corrected chi connectivity index (χ1v) is 9.44. The molecule has 3 rings (SSSR count). The second-order valence-electron chi connectivity index (χ2n) is 6.90. The molecular formula is C19H28N6O2. The van der Waals surface area contributed by atoms with Gasteiger partial charge in [0.05, 0.1) is 25.5 Å². The molecule has 0 radical (unpaired) electrons. The number of aromatic nitrogens is 3. The number of rotatable bonds is 7. The van der Waals surface area contributed by atoms with Crippen LogP contribution >= 0.6 is 0 Å². The number of benzene rings is 1. The molecule has 8 heteroatoms. The van der Waals surface area contributed by atoms with E-state index in [1.807, 2.05) is 24.3 Å². The maximum atomic E-state index is 12.3. The van der Waals surface area contributed by atoms with Crippen molar-refractivity contribution in [2.24, 2.45) is 0 Å². The van der Waals surface area contributed by atoms with Crippen LogP contribution in [0.3, 0.4) is 0 Å². The van der Waals surface area contributed by atoms with Gasteiger partial charge in [-0.2, -0.15) is 0 Å². The maximum Gasteiger partial charge on any atom is 0.246 e. The van der Waals surface area contributed by atoms with Crippen LogP contribution in [0.2, 0.25) is 0 Å². The first-order valence-electron chi connectivity index (χ1n) is 9.44. The zero-order valence-electron chi connectivity index (χ0n) is 16.2. The van der Waals surface area contributed by atoms with Crippen LogP contribution in [0.5, 0.6) is 0 Å². The number of anilines is 2. The molecule has 1 saturated heterocycles. The number of nitrogens with zero attached hydrogens (tertiary/aromatic N) is 4. The van der Waals surface area contributed by atoms with Crippen molar-refractivity contribution >= 4 is 17.3 Å². The number of carbonyl (C=O) groups excluding carboxylic acids is 1. The Morgan fingerprint density at radius 1 is 1.41 bits per heavy atom. The molecule has 1 fully saturated rings. The summed E-state index contributed by atoms with van der Waals surface area (Å²) < 4.78 is 6.98. The van der Waals surface area contributed by atoms with Gasteiger partial charge in [0.2, 0.25) is 5.91 Å². The van der Waals surface area contributed by atoms with Gasteiger partial charge < -0.3 is 20.3 Å². The number of amides is 1. The minimum Gasteiger partial charge on any atom is -0.378 e. The van der Waals surface area contributed by atoms with Crippen molar-refractivity contribution in [3.8, 4) is 0 Å². The number of hydrogen-bond donors (Lipinski definition) is 2. The number of ether oxygens (including phenoxy) is 1. The molecule has 146 valence electrons. The number of morpholine rings is 1. The van der Waals surface area contributed by atoms with Crippen LogP contribution in [0.15, 0.2) is 30.5 Å². The Bertz CT molecular complexity index is 737. The maximum absolute atomic E-state index is 12.3. The van der Waals surface area contributed by atoms with E-state index in [1.165, 1.54) is 0 Å². The zero-order chi connectivity index (χ0) is 19.2. The molecule has 1 amide bonds. The summed E-state index contributed by atoms with van der Waals surface area (Å²) in [6.45, 7) is 9.61. The molecule has 0 saturated carbocycles. The van der Waals surface area contributed by atoms with Crippen molar-refractivity contribution in [1.29, 1.82) is 0 Å².